The molecule has 0 N–H and O–H groups in total. The van der Waals surface area contributed by atoms with Gasteiger partial charge in [-0.15, -0.1) is 10.2 Å². The number of ether oxygens (including phenoxy) is 1. The summed E-state index contributed by atoms with van der Waals surface area (Å²) in [5, 5.41) is 9.33. The van der Waals surface area contributed by atoms with Crippen LogP contribution in [0.25, 0.3) is 5.69 Å². The summed E-state index contributed by atoms with van der Waals surface area (Å²) in [6.45, 7) is 0.532. The average molecular weight is 403 g/mol. The first kappa shape index (κ1) is 19.3. The number of methoxy groups -OCH3 is 1. The molecule has 0 atom stereocenters. The molecule has 0 fully saturated rings. The van der Waals surface area contributed by atoms with Gasteiger partial charge in [0, 0.05) is 18.6 Å². The highest BCUT2D eigenvalue weighted by atomic mass is 35.5. The second-order valence-electron chi connectivity index (χ2n) is 5.85. The predicted molar refractivity (Wildman–Crippen MR) is 107 cm³/mol. The SMILES string of the molecule is COc1ccc(CN(C)C(=O)CSc2nncn2-c2cccc(Cl)c2)cc1. The first-order valence-corrected chi connectivity index (χ1v) is 9.59. The zero-order valence-electron chi connectivity index (χ0n) is 15.0. The second-order valence-corrected chi connectivity index (χ2v) is 7.23. The number of amides is 1. The number of rotatable bonds is 7. The summed E-state index contributed by atoms with van der Waals surface area (Å²) in [6, 6.07) is 15.1. The lowest BCUT2D eigenvalue weighted by molar-refractivity contribution is -0.127. The van der Waals surface area contributed by atoms with Crippen LogP contribution < -0.4 is 4.74 Å². The van der Waals surface area contributed by atoms with E-state index in [1.54, 1.807) is 31.5 Å². The van der Waals surface area contributed by atoms with E-state index in [2.05, 4.69) is 10.2 Å². The third kappa shape index (κ3) is 5.02. The van der Waals surface area contributed by atoms with Crippen LogP contribution in [0.15, 0.2) is 60.0 Å². The van der Waals surface area contributed by atoms with Crippen LogP contribution in [-0.2, 0) is 11.3 Å². The average Bonchev–Trinajstić information content (AvgIpc) is 3.15. The molecule has 0 aliphatic rings. The Bertz CT molecular complexity index is 914. The van der Waals surface area contributed by atoms with E-state index < -0.39 is 0 Å². The van der Waals surface area contributed by atoms with Crippen molar-refractivity contribution in [3.63, 3.8) is 0 Å². The smallest absolute Gasteiger partial charge is 0.233 e. The predicted octanol–water partition coefficient (Wildman–Crippen LogP) is 3.68. The van der Waals surface area contributed by atoms with Crippen LogP contribution in [0, 0.1) is 0 Å². The third-order valence-corrected chi connectivity index (χ3v) is 5.10. The van der Waals surface area contributed by atoms with Crippen molar-refractivity contribution in [3.05, 3.63) is 65.4 Å². The van der Waals surface area contributed by atoms with Crippen LogP contribution in [0.5, 0.6) is 5.75 Å². The Labute approximate surface area is 167 Å². The molecule has 3 aromatic rings. The van der Waals surface area contributed by atoms with Gasteiger partial charge < -0.3 is 9.64 Å². The van der Waals surface area contributed by atoms with Crippen LogP contribution in [0.1, 0.15) is 5.56 Å². The zero-order chi connectivity index (χ0) is 19.2. The molecule has 0 aliphatic heterocycles. The minimum absolute atomic E-state index is 0.0106. The van der Waals surface area contributed by atoms with Gasteiger partial charge in [-0.2, -0.15) is 0 Å². The van der Waals surface area contributed by atoms with Crippen molar-refractivity contribution in [2.75, 3.05) is 19.9 Å². The molecule has 0 saturated heterocycles. The number of hydrogen-bond donors (Lipinski definition) is 0. The number of halogens is 1. The molecule has 0 radical (unpaired) electrons. The summed E-state index contributed by atoms with van der Waals surface area (Å²) in [5.41, 5.74) is 1.90. The highest BCUT2D eigenvalue weighted by Crippen LogP contribution is 2.22. The second kappa shape index (κ2) is 8.92. The molecule has 140 valence electrons. The number of benzene rings is 2. The maximum Gasteiger partial charge on any atom is 0.233 e. The molecule has 0 aliphatic carbocycles. The van der Waals surface area contributed by atoms with Gasteiger partial charge in [-0.3, -0.25) is 9.36 Å². The number of hydrogen-bond acceptors (Lipinski definition) is 5. The standard InChI is InChI=1S/C19H19ClN4O2S/c1-23(11-14-6-8-17(26-2)9-7-14)18(25)12-27-19-22-21-13-24(19)16-5-3-4-15(20)10-16/h3-10,13H,11-12H2,1-2H3. The van der Waals surface area contributed by atoms with E-state index in [9.17, 15) is 4.79 Å². The van der Waals surface area contributed by atoms with Gasteiger partial charge in [0.05, 0.1) is 18.6 Å². The third-order valence-electron chi connectivity index (χ3n) is 3.93. The Hall–Kier alpha value is -2.51. The minimum atomic E-state index is 0.0106. The summed E-state index contributed by atoms with van der Waals surface area (Å²) in [4.78, 5) is 14.2. The molecule has 3 rings (SSSR count). The summed E-state index contributed by atoms with van der Waals surface area (Å²) in [5.74, 6) is 1.08. The van der Waals surface area contributed by atoms with Crippen LogP contribution in [0.3, 0.4) is 0 Å². The van der Waals surface area contributed by atoms with Gasteiger partial charge in [0.25, 0.3) is 0 Å². The Balaban J connectivity index is 1.60. The number of carbonyl (C=O) groups excluding carboxylic acids is 1. The lowest BCUT2D eigenvalue weighted by atomic mass is 10.2. The Morgan fingerprint density at radius 1 is 1.26 bits per heavy atom. The van der Waals surface area contributed by atoms with Crippen molar-refractivity contribution in [2.45, 2.75) is 11.7 Å². The summed E-state index contributed by atoms with van der Waals surface area (Å²) < 4.78 is 6.96. The van der Waals surface area contributed by atoms with E-state index in [1.165, 1.54) is 11.8 Å². The van der Waals surface area contributed by atoms with Gasteiger partial charge in [-0.05, 0) is 35.9 Å². The summed E-state index contributed by atoms with van der Waals surface area (Å²) >= 11 is 7.39. The van der Waals surface area contributed by atoms with Gasteiger partial charge in [0.1, 0.15) is 12.1 Å². The fourth-order valence-corrected chi connectivity index (χ4v) is 3.51. The molecule has 1 amide bonds. The monoisotopic (exact) mass is 402 g/mol. The van der Waals surface area contributed by atoms with Gasteiger partial charge >= 0.3 is 0 Å². The van der Waals surface area contributed by atoms with Crippen LogP contribution in [0.2, 0.25) is 5.02 Å². The Kier molecular flexibility index (Phi) is 6.36. The van der Waals surface area contributed by atoms with E-state index >= 15 is 0 Å². The number of thioether (sulfide) groups is 1. The van der Waals surface area contributed by atoms with Gasteiger partial charge in [-0.1, -0.05) is 41.6 Å². The van der Waals surface area contributed by atoms with Gasteiger partial charge in [0.15, 0.2) is 5.16 Å². The highest BCUT2D eigenvalue weighted by Gasteiger charge is 2.14. The summed E-state index contributed by atoms with van der Waals surface area (Å²) in [7, 11) is 3.42. The fraction of sp³-hybridized carbons (Fsp3) is 0.211. The molecule has 2 aromatic carbocycles. The largest absolute Gasteiger partial charge is 0.497 e. The lowest BCUT2D eigenvalue weighted by Crippen LogP contribution is -2.27. The molecule has 8 heteroatoms. The maximum atomic E-state index is 12.5. The van der Waals surface area contributed by atoms with Crippen molar-refractivity contribution < 1.29 is 9.53 Å². The van der Waals surface area contributed by atoms with Crippen LogP contribution in [-0.4, -0.2) is 45.5 Å². The first-order chi connectivity index (χ1) is 13.1. The first-order valence-electron chi connectivity index (χ1n) is 8.22. The van der Waals surface area contributed by atoms with Gasteiger partial charge in [0.2, 0.25) is 5.91 Å². The van der Waals surface area contributed by atoms with E-state index in [0.29, 0.717) is 16.7 Å². The summed E-state index contributed by atoms with van der Waals surface area (Å²) in [6.07, 6.45) is 1.61. The van der Waals surface area contributed by atoms with Crippen molar-refractivity contribution in [1.29, 1.82) is 0 Å². The molecule has 0 spiro atoms. The fourth-order valence-electron chi connectivity index (χ4n) is 2.46. The van der Waals surface area contributed by atoms with Crippen molar-refractivity contribution in [1.82, 2.24) is 19.7 Å². The number of aromatic nitrogens is 3. The molecule has 1 heterocycles. The maximum absolute atomic E-state index is 12.5. The van der Waals surface area contributed by atoms with E-state index in [-0.39, 0.29) is 11.7 Å². The highest BCUT2D eigenvalue weighted by molar-refractivity contribution is 7.99. The minimum Gasteiger partial charge on any atom is -0.497 e. The molecular formula is C19H19ClN4O2S. The Morgan fingerprint density at radius 3 is 2.74 bits per heavy atom. The number of nitrogens with zero attached hydrogens (tertiary/aromatic N) is 4. The van der Waals surface area contributed by atoms with Crippen molar-refractivity contribution >= 4 is 29.3 Å². The molecule has 6 nitrogen and oxygen atoms in total. The zero-order valence-corrected chi connectivity index (χ0v) is 16.6. The molecular weight excluding hydrogens is 384 g/mol. The lowest BCUT2D eigenvalue weighted by Gasteiger charge is -2.17. The van der Waals surface area contributed by atoms with Crippen LogP contribution >= 0.6 is 23.4 Å². The molecule has 0 saturated carbocycles. The normalized spacial score (nSPS) is 10.6. The Morgan fingerprint density at radius 2 is 2.04 bits per heavy atom. The van der Waals surface area contributed by atoms with E-state index in [0.717, 1.165) is 17.0 Å². The van der Waals surface area contributed by atoms with Crippen molar-refractivity contribution in [3.8, 4) is 11.4 Å². The number of carbonyl (C=O) groups is 1. The quantitative estimate of drug-likeness (QED) is 0.564. The van der Waals surface area contributed by atoms with Crippen LogP contribution in [0.4, 0.5) is 0 Å². The topological polar surface area (TPSA) is 60.2 Å². The molecule has 0 bridgehead atoms. The van der Waals surface area contributed by atoms with Crippen molar-refractivity contribution in [2.24, 2.45) is 0 Å². The van der Waals surface area contributed by atoms with E-state index in [1.807, 2.05) is 47.0 Å². The van der Waals surface area contributed by atoms with E-state index in [4.69, 9.17) is 16.3 Å². The van der Waals surface area contributed by atoms with Gasteiger partial charge in [-0.25, -0.2) is 0 Å². The molecule has 27 heavy (non-hydrogen) atoms. The molecule has 1 aromatic heterocycles. The molecule has 0 unspecified atom stereocenters.